The van der Waals surface area contributed by atoms with E-state index in [0.717, 1.165) is 16.8 Å². The first-order chi connectivity index (χ1) is 18.1. The number of carbonyl (C=O) groups excluding carboxylic acids is 2. The summed E-state index contributed by atoms with van der Waals surface area (Å²) in [4.78, 5) is 29.8. The van der Waals surface area contributed by atoms with Crippen molar-refractivity contribution in [2.45, 2.75) is 45.8 Å². The Hall–Kier alpha value is -3.92. The number of fused-ring (bicyclic) bond motifs is 3. The van der Waals surface area contributed by atoms with Crippen LogP contribution in [0.4, 0.5) is 4.79 Å². The van der Waals surface area contributed by atoms with Gasteiger partial charge >= 0.3 is 6.09 Å². The zero-order valence-electron chi connectivity index (χ0n) is 22.0. The Morgan fingerprint density at radius 1 is 1.05 bits per heavy atom. The molecule has 1 atom stereocenters. The third-order valence-electron chi connectivity index (χ3n) is 5.74. The van der Waals surface area contributed by atoms with E-state index in [2.05, 4.69) is 20.8 Å². The van der Waals surface area contributed by atoms with Crippen LogP contribution in [0.15, 0.2) is 47.5 Å². The van der Waals surface area contributed by atoms with Gasteiger partial charge < -0.3 is 20.1 Å². The van der Waals surface area contributed by atoms with Crippen LogP contribution in [0.1, 0.15) is 56.0 Å². The standard InChI is InChI=1S/C27H31ClN6O4/c1-16-32-33-25-21(15-23(35)29-12-13-30-26(36)38-27(2,3)4)31-24(17-6-8-18(28)9-7-17)20-14-19(37-5)10-11-22(20)34(16)25/h6-11,14,21H,12-13,15H2,1-5H3,(H,29,35)(H,30,36). The number of ether oxygens (including phenoxy) is 2. The lowest BCUT2D eigenvalue weighted by molar-refractivity contribution is -0.121. The molecule has 2 N–H and O–H groups in total. The fourth-order valence-electron chi connectivity index (χ4n) is 4.11. The molecule has 0 spiro atoms. The van der Waals surface area contributed by atoms with E-state index in [-0.39, 0.29) is 25.4 Å². The monoisotopic (exact) mass is 538 g/mol. The van der Waals surface area contributed by atoms with Gasteiger partial charge in [-0.2, -0.15) is 0 Å². The smallest absolute Gasteiger partial charge is 0.407 e. The minimum atomic E-state index is -0.612. The van der Waals surface area contributed by atoms with E-state index < -0.39 is 17.7 Å². The predicted octanol–water partition coefficient (Wildman–Crippen LogP) is 4.16. The van der Waals surface area contributed by atoms with Crippen LogP contribution in [0.3, 0.4) is 0 Å². The molecule has 0 radical (unpaired) electrons. The largest absolute Gasteiger partial charge is 0.497 e. The second-order valence-electron chi connectivity index (χ2n) is 9.81. The van der Waals surface area contributed by atoms with Crippen LogP contribution < -0.4 is 15.4 Å². The number of halogens is 1. The maximum absolute atomic E-state index is 13.0. The molecule has 0 bridgehead atoms. The van der Waals surface area contributed by atoms with Crippen LogP contribution in [0, 0.1) is 6.92 Å². The maximum atomic E-state index is 13.0. The maximum Gasteiger partial charge on any atom is 0.407 e. The second kappa shape index (κ2) is 11.2. The highest BCUT2D eigenvalue weighted by molar-refractivity contribution is 6.30. The molecule has 2 amide bonds. The lowest BCUT2D eigenvalue weighted by atomic mass is 10.00. The zero-order valence-corrected chi connectivity index (χ0v) is 22.8. The molecule has 3 aromatic rings. The number of alkyl carbamates (subject to hydrolysis) is 1. The van der Waals surface area contributed by atoms with E-state index in [0.29, 0.717) is 28.1 Å². The Labute approximate surface area is 226 Å². The van der Waals surface area contributed by atoms with Gasteiger partial charge in [-0.3, -0.25) is 14.4 Å². The first kappa shape index (κ1) is 27.1. The number of aryl methyl sites for hydroxylation is 1. The molecular formula is C27H31ClN6O4. The summed E-state index contributed by atoms with van der Waals surface area (Å²) in [6, 6.07) is 12.5. The summed E-state index contributed by atoms with van der Waals surface area (Å²) in [5, 5.41) is 14.7. The molecule has 1 aliphatic heterocycles. The number of hydrogen-bond acceptors (Lipinski definition) is 7. The Morgan fingerprint density at radius 2 is 1.76 bits per heavy atom. The second-order valence-corrected chi connectivity index (χ2v) is 10.2. The molecule has 1 aliphatic rings. The Balaban J connectivity index is 1.61. The van der Waals surface area contributed by atoms with E-state index >= 15 is 0 Å². The number of nitrogens with zero attached hydrogens (tertiary/aromatic N) is 4. The van der Waals surface area contributed by atoms with Gasteiger partial charge in [0.25, 0.3) is 0 Å². The fourth-order valence-corrected chi connectivity index (χ4v) is 4.23. The van der Waals surface area contributed by atoms with Crippen molar-refractivity contribution >= 4 is 29.3 Å². The summed E-state index contributed by atoms with van der Waals surface area (Å²) in [7, 11) is 1.61. The van der Waals surface area contributed by atoms with Gasteiger partial charge in [0.2, 0.25) is 5.91 Å². The summed E-state index contributed by atoms with van der Waals surface area (Å²) < 4.78 is 12.6. The van der Waals surface area contributed by atoms with Crippen molar-refractivity contribution in [3.63, 3.8) is 0 Å². The number of amides is 2. The van der Waals surface area contributed by atoms with E-state index in [1.165, 1.54) is 0 Å². The van der Waals surface area contributed by atoms with Crippen molar-refractivity contribution in [2.75, 3.05) is 20.2 Å². The highest BCUT2D eigenvalue weighted by Crippen LogP contribution is 2.34. The van der Waals surface area contributed by atoms with Gasteiger partial charge in [0.15, 0.2) is 5.82 Å². The summed E-state index contributed by atoms with van der Waals surface area (Å²) in [5.41, 5.74) is 2.58. The molecule has 2 heterocycles. The van der Waals surface area contributed by atoms with Crippen molar-refractivity contribution in [3.05, 3.63) is 70.3 Å². The SMILES string of the molecule is COc1ccc2c(c1)C(c1ccc(Cl)cc1)=NC(CC(=O)NCCNC(=O)OC(C)(C)C)c1nnc(C)n1-2. The number of rotatable bonds is 7. The van der Waals surface area contributed by atoms with Crippen LogP contribution in [0.5, 0.6) is 5.75 Å². The Kier molecular flexibility index (Phi) is 8.01. The van der Waals surface area contributed by atoms with Crippen LogP contribution >= 0.6 is 11.6 Å². The number of aliphatic imine (C=N–C) groups is 1. The number of benzene rings is 2. The van der Waals surface area contributed by atoms with Crippen molar-refractivity contribution < 1.29 is 19.1 Å². The predicted molar refractivity (Wildman–Crippen MR) is 144 cm³/mol. The molecule has 200 valence electrons. The van der Waals surface area contributed by atoms with Gasteiger partial charge in [-0.25, -0.2) is 4.79 Å². The minimum Gasteiger partial charge on any atom is -0.497 e. The van der Waals surface area contributed by atoms with Gasteiger partial charge in [-0.1, -0.05) is 23.7 Å². The Bertz CT molecular complexity index is 1360. The van der Waals surface area contributed by atoms with E-state index in [1.807, 2.05) is 41.8 Å². The molecule has 2 aromatic carbocycles. The van der Waals surface area contributed by atoms with Gasteiger partial charge in [-0.15, -0.1) is 10.2 Å². The molecule has 0 fully saturated rings. The molecule has 4 rings (SSSR count). The van der Waals surface area contributed by atoms with Gasteiger partial charge in [-0.05, 0) is 58.0 Å². The van der Waals surface area contributed by atoms with E-state index in [1.54, 1.807) is 40.0 Å². The lowest BCUT2D eigenvalue weighted by Crippen LogP contribution is -2.38. The van der Waals surface area contributed by atoms with Crippen LogP contribution in [-0.4, -0.2) is 58.3 Å². The lowest BCUT2D eigenvalue weighted by Gasteiger charge is -2.19. The van der Waals surface area contributed by atoms with Crippen LogP contribution in [0.2, 0.25) is 5.02 Å². The number of carbonyl (C=O) groups is 2. The third-order valence-corrected chi connectivity index (χ3v) is 6.00. The van der Waals surface area contributed by atoms with Gasteiger partial charge in [0, 0.05) is 29.2 Å². The number of nitrogens with one attached hydrogen (secondary N) is 2. The van der Waals surface area contributed by atoms with Crippen molar-refractivity contribution in [3.8, 4) is 11.4 Å². The molecule has 0 saturated carbocycles. The molecule has 10 nitrogen and oxygen atoms in total. The molecule has 38 heavy (non-hydrogen) atoms. The van der Waals surface area contributed by atoms with Crippen molar-refractivity contribution in [1.82, 2.24) is 25.4 Å². The average Bonchev–Trinajstić information content (AvgIpc) is 3.18. The zero-order chi connectivity index (χ0) is 27.4. The van der Waals surface area contributed by atoms with Crippen LogP contribution in [-0.2, 0) is 9.53 Å². The first-order valence-electron chi connectivity index (χ1n) is 12.2. The fraction of sp³-hybridized carbons (Fsp3) is 0.370. The first-order valence-corrected chi connectivity index (χ1v) is 12.6. The summed E-state index contributed by atoms with van der Waals surface area (Å²) >= 11 is 6.15. The summed E-state index contributed by atoms with van der Waals surface area (Å²) in [6.45, 7) is 7.68. The summed E-state index contributed by atoms with van der Waals surface area (Å²) in [5.74, 6) is 1.66. The summed E-state index contributed by atoms with van der Waals surface area (Å²) in [6.07, 6.45) is -0.503. The normalized spacial score (nSPS) is 14.5. The number of aromatic nitrogens is 3. The highest BCUT2D eigenvalue weighted by atomic mass is 35.5. The van der Waals surface area contributed by atoms with E-state index in [4.69, 9.17) is 26.1 Å². The minimum absolute atomic E-state index is 0.0345. The molecule has 0 saturated heterocycles. The quantitative estimate of drug-likeness (QED) is 0.436. The molecule has 1 unspecified atom stereocenters. The average molecular weight is 539 g/mol. The molecule has 1 aromatic heterocycles. The van der Waals surface area contributed by atoms with Crippen molar-refractivity contribution in [2.24, 2.45) is 4.99 Å². The number of methoxy groups -OCH3 is 1. The topological polar surface area (TPSA) is 120 Å². The van der Waals surface area contributed by atoms with Crippen LogP contribution in [0.25, 0.3) is 5.69 Å². The molecular weight excluding hydrogens is 508 g/mol. The highest BCUT2D eigenvalue weighted by Gasteiger charge is 2.30. The Morgan fingerprint density at radius 3 is 2.45 bits per heavy atom. The molecule has 11 heteroatoms. The van der Waals surface area contributed by atoms with Crippen molar-refractivity contribution in [1.29, 1.82) is 0 Å². The molecule has 0 aliphatic carbocycles. The third kappa shape index (κ3) is 6.31. The number of hydrogen-bond donors (Lipinski definition) is 2. The van der Waals surface area contributed by atoms with E-state index in [9.17, 15) is 9.59 Å². The van der Waals surface area contributed by atoms with Gasteiger partial charge in [0.1, 0.15) is 23.2 Å². The van der Waals surface area contributed by atoms with Gasteiger partial charge in [0.05, 0.1) is 24.9 Å².